The number of carbonyl (C=O) groups is 2. The van der Waals surface area contributed by atoms with Crippen molar-refractivity contribution < 1.29 is 23.5 Å². The van der Waals surface area contributed by atoms with E-state index in [0.717, 1.165) is 17.8 Å². The highest BCUT2D eigenvalue weighted by atomic mass is 32.1. The summed E-state index contributed by atoms with van der Waals surface area (Å²) in [6.45, 7) is 2.13. The van der Waals surface area contributed by atoms with E-state index in [0.29, 0.717) is 45.5 Å². The summed E-state index contributed by atoms with van der Waals surface area (Å²) >= 11 is 1.40. The molecular formula is C26H24FN3O4S. The fourth-order valence-electron chi connectivity index (χ4n) is 5.37. The molecule has 1 unspecified atom stereocenters. The number of aromatic nitrogens is 1. The topological polar surface area (TPSA) is 94.8 Å². The summed E-state index contributed by atoms with van der Waals surface area (Å²) in [7, 11) is 0. The van der Waals surface area contributed by atoms with Gasteiger partial charge in [0.15, 0.2) is 11.5 Å². The molecule has 3 heterocycles. The number of nitrogens with two attached hydrogens (primary N) is 1. The second-order valence-electron chi connectivity index (χ2n) is 9.37. The monoisotopic (exact) mass is 493 g/mol. The van der Waals surface area contributed by atoms with Crippen molar-refractivity contribution in [1.29, 1.82) is 0 Å². The van der Waals surface area contributed by atoms with Crippen LogP contribution in [0.4, 0.5) is 4.39 Å². The van der Waals surface area contributed by atoms with Crippen LogP contribution >= 0.6 is 11.3 Å². The average Bonchev–Trinajstić information content (AvgIpc) is 3.32. The van der Waals surface area contributed by atoms with Crippen LogP contribution in [0.3, 0.4) is 0 Å². The fourth-order valence-corrected chi connectivity index (χ4v) is 6.27. The van der Waals surface area contributed by atoms with Gasteiger partial charge in [0.2, 0.25) is 0 Å². The van der Waals surface area contributed by atoms with Gasteiger partial charge in [0, 0.05) is 18.5 Å². The van der Waals surface area contributed by atoms with E-state index in [4.69, 9.17) is 15.2 Å². The Morgan fingerprint density at radius 2 is 2.06 bits per heavy atom. The van der Waals surface area contributed by atoms with Crippen molar-refractivity contribution in [2.75, 3.05) is 6.61 Å². The highest BCUT2D eigenvalue weighted by molar-refractivity contribution is 7.15. The molecule has 2 aliphatic heterocycles. The van der Waals surface area contributed by atoms with Gasteiger partial charge in [-0.3, -0.25) is 9.59 Å². The number of carbonyl (C=O) groups excluding carboxylic acids is 2. The van der Waals surface area contributed by atoms with Crippen molar-refractivity contribution in [2.24, 2.45) is 11.7 Å². The summed E-state index contributed by atoms with van der Waals surface area (Å²) in [6.07, 6.45) is 2.25. The van der Waals surface area contributed by atoms with E-state index < -0.39 is 5.91 Å². The van der Waals surface area contributed by atoms with Gasteiger partial charge in [-0.15, -0.1) is 11.3 Å². The Labute approximate surface area is 205 Å². The van der Waals surface area contributed by atoms with Gasteiger partial charge in [-0.05, 0) is 55.5 Å². The summed E-state index contributed by atoms with van der Waals surface area (Å²) < 4.78 is 25.9. The zero-order valence-electron chi connectivity index (χ0n) is 19.1. The van der Waals surface area contributed by atoms with Crippen molar-refractivity contribution in [3.05, 3.63) is 64.5 Å². The minimum atomic E-state index is -0.566. The highest BCUT2D eigenvalue weighted by Crippen LogP contribution is 2.50. The van der Waals surface area contributed by atoms with Gasteiger partial charge >= 0.3 is 0 Å². The second kappa shape index (κ2) is 8.34. The van der Waals surface area contributed by atoms with Gasteiger partial charge in [0.05, 0.1) is 15.4 Å². The van der Waals surface area contributed by atoms with Gasteiger partial charge in [-0.1, -0.05) is 18.2 Å². The largest absolute Gasteiger partial charge is 0.485 e. The molecule has 4 atom stereocenters. The third-order valence-corrected chi connectivity index (χ3v) is 7.98. The molecule has 1 aliphatic carbocycles. The van der Waals surface area contributed by atoms with Gasteiger partial charge < -0.3 is 20.1 Å². The first-order chi connectivity index (χ1) is 16.9. The molecule has 2 amide bonds. The zero-order valence-corrected chi connectivity index (χ0v) is 19.9. The summed E-state index contributed by atoms with van der Waals surface area (Å²) in [5.74, 6) is 0.321. The van der Waals surface area contributed by atoms with Crippen molar-refractivity contribution >= 4 is 23.2 Å². The Hall–Kier alpha value is -3.46. The molecule has 6 rings (SSSR count). The van der Waals surface area contributed by atoms with Gasteiger partial charge in [0.25, 0.3) is 11.8 Å². The molecule has 1 saturated heterocycles. The molecule has 2 fully saturated rings. The number of thiazole rings is 1. The van der Waals surface area contributed by atoms with E-state index in [-0.39, 0.29) is 36.5 Å². The third-order valence-electron chi connectivity index (χ3n) is 6.96. The Balaban J connectivity index is 1.24. The van der Waals surface area contributed by atoms with Crippen molar-refractivity contribution in [1.82, 2.24) is 9.88 Å². The number of para-hydroxylation sites is 1. The minimum Gasteiger partial charge on any atom is -0.485 e. The zero-order chi connectivity index (χ0) is 24.3. The predicted molar refractivity (Wildman–Crippen MR) is 128 cm³/mol. The van der Waals surface area contributed by atoms with Crippen LogP contribution in [0.25, 0.3) is 10.4 Å². The molecule has 0 bridgehead atoms. The molecule has 1 aromatic heterocycles. The van der Waals surface area contributed by atoms with Crippen LogP contribution in [-0.2, 0) is 0 Å². The highest BCUT2D eigenvalue weighted by Gasteiger charge is 2.55. The Morgan fingerprint density at radius 1 is 1.23 bits per heavy atom. The van der Waals surface area contributed by atoms with E-state index in [1.54, 1.807) is 30.3 Å². The first kappa shape index (κ1) is 22.0. The number of piperidine rings is 1. The number of likely N-dealkylation sites (tertiary alicyclic amines) is 1. The summed E-state index contributed by atoms with van der Waals surface area (Å²) in [5.41, 5.74) is 6.79. The lowest BCUT2D eigenvalue weighted by molar-refractivity contribution is 0.0477. The van der Waals surface area contributed by atoms with E-state index in [1.807, 2.05) is 11.8 Å². The molecule has 2 aromatic carbocycles. The van der Waals surface area contributed by atoms with Crippen LogP contribution in [0, 0.1) is 18.7 Å². The number of rotatable bonds is 5. The second-order valence-corrected chi connectivity index (χ2v) is 10.6. The molecule has 1 saturated carbocycles. The Bertz CT molecular complexity index is 1340. The van der Waals surface area contributed by atoms with Crippen LogP contribution in [-0.4, -0.2) is 46.5 Å². The summed E-state index contributed by atoms with van der Waals surface area (Å²) in [6, 6.07) is 11.6. The van der Waals surface area contributed by atoms with Crippen LogP contribution in [0.15, 0.2) is 42.5 Å². The summed E-state index contributed by atoms with van der Waals surface area (Å²) in [4.78, 5) is 32.7. The lowest BCUT2D eigenvalue weighted by Gasteiger charge is -2.33. The van der Waals surface area contributed by atoms with Gasteiger partial charge in [-0.2, -0.15) is 0 Å². The molecule has 7 nitrogen and oxygen atoms in total. The lowest BCUT2D eigenvalue weighted by Crippen LogP contribution is -2.43. The number of hydrogen-bond donors (Lipinski definition) is 1. The number of primary amides is 1. The molecule has 180 valence electrons. The minimum absolute atomic E-state index is 0.0110. The number of nitrogens with zero attached hydrogens (tertiary/aromatic N) is 2. The number of benzene rings is 2. The van der Waals surface area contributed by atoms with Crippen molar-refractivity contribution in [3.63, 3.8) is 0 Å². The number of halogens is 1. The average molecular weight is 494 g/mol. The van der Waals surface area contributed by atoms with E-state index in [2.05, 4.69) is 4.98 Å². The number of hydrogen-bond acceptors (Lipinski definition) is 6. The molecule has 2 N–H and O–H groups in total. The maximum atomic E-state index is 13.9. The third kappa shape index (κ3) is 3.93. The number of fused-ring (bicyclic) bond motifs is 2. The normalized spacial score (nSPS) is 24.2. The Kier molecular flexibility index (Phi) is 5.25. The van der Waals surface area contributed by atoms with E-state index in [9.17, 15) is 14.0 Å². The molecule has 9 heteroatoms. The SMILES string of the molecule is Cc1nc(C(=O)N2[C@H](CC3COc4c(cccc4C(N)=O)O3)C[C@@H]3C[C@@H]32)c(-c2cccc(F)c2)s1. The van der Waals surface area contributed by atoms with Gasteiger partial charge in [-0.25, -0.2) is 9.37 Å². The van der Waals surface area contributed by atoms with Crippen LogP contribution < -0.4 is 15.2 Å². The maximum Gasteiger partial charge on any atom is 0.274 e. The fraction of sp³-hybridized carbons (Fsp3) is 0.346. The van der Waals surface area contributed by atoms with Crippen molar-refractivity contribution in [3.8, 4) is 21.9 Å². The van der Waals surface area contributed by atoms with Crippen molar-refractivity contribution in [2.45, 2.75) is 44.4 Å². The summed E-state index contributed by atoms with van der Waals surface area (Å²) in [5, 5.41) is 0.765. The molecule has 0 radical (unpaired) electrons. The number of aryl methyl sites for hydroxylation is 1. The molecule has 35 heavy (non-hydrogen) atoms. The van der Waals surface area contributed by atoms with E-state index in [1.165, 1.54) is 23.5 Å². The lowest BCUT2D eigenvalue weighted by atomic mass is 10.0. The van der Waals surface area contributed by atoms with Crippen LogP contribution in [0.2, 0.25) is 0 Å². The molecule has 3 aromatic rings. The number of amides is 2. The standard InChI is InChI=1S/C26H24FN3O4S/c1-13-29-22(24(35-13)14-4-2-5-16(27)8-14)26(32)30-17(9-15-10-20(15)30)11-18-12-33-23-19(25(28)31)6-3-7-21(23)34-18/h2-8,15,17-18,20H,9-12H2,1H3,(H2,28,31)/t15-,17+,18?,20+/m1/s1. The van der Waals surface area contributed by atoms with Crippen LogP contribution in [0.5, 0.6) is 11.5 Å². The maximum absolute atomic E-state index is 13.9. The van der Waals surface area contributed by atoms with Gasteiger partial charge in [0.1, 0.15) is 24.2 Å². The number of ether oxygens (including phenoxy) is 2. The first-order valence-corrected chi connectivity index (χ1v) is 12.5. The predicted octanol–water partition coefficient (Wildman–Crippen LogP) is 4.19. The molecular weight excluding hydrogens is 469 g/mol. The Morgan fingerprint density at radius 3 is 2.86 bits per heavy atom. The smallest absolute Gasteiger partial charge is 0.274 e. The van der Waals surface area contributed by atoms with E-state index >= 15 is 0 Å². The molecule has 0 spiro atoms. The first-order valence-electron chi connectivity index (χ1n) is 11.7. The van der Waals surface area contributed by atoms with Crippen LogP contribution in [0.1, 0.15) is 45.1 Å². The quantitative estimate of drug-likeness (QED) is 0.575. The molecule has 3 aliphatic rings.